The maximum absolute atomic E-state index is 11.6. The zero-order chi connectivity index (χ0) is 11.7. The minimum Gasteiger partial charge on any atom is -0.337 e. The van der Waals surface area contributed by atoms with E-state index in [0.29, 0.717) is 18.0 Å². The summed E-state index contributed by atoms with van der Waals surface area (Å²) >= 11 is 12.8. The van der Waals surface area contributed by atoms with Crippen LogP contribution in [0, 0.1) is 0 Å². The van der Waals surface area contributed by atoms with Gasteiger partial charge in [-0.05, 0) is 33.6 Å². The van der Waals surface area contributed by atoms with Crippen molar-refractivity contribution in [3.05, 3.63) is 33.3 Å². The summed E-state index contributed by atoms with van der Waals surface area (Å²) in [6.07, 6.45) is 0.592. The maximum atomic E-state index is 11.6. The molecule has 2 nitrogen and oxygen atoms in total. The van der Waals surface area contributed by atoms with Crippen molar-refractivity contribution in [3.63, 3.8) is 0 Å². The number of amides is 1. The molecule has 0 spiro atoms. The Balaban J connectivity index is 2.09. The molecule has 0 bridgehead atoms. The summed E-state index contributed by atoms with van der Waals surface area (Å²) < 4.78 is 0.869. The first kappa shape index (κ1) is 12.4. The van der Waals surface area contributed by atoms with Crippen LogP contribution in [0.2, 0.25) is 5.02 Å². The number of rotatable bonds is 2. The summed E-state index contributed by atoms with van der Waals surface area (Å²) in [6, 6.07) is 5.74. The summed E-state index contributed by atoms with van der Waals surface area (Å²) in [7, 11) is 0. The first-order valence-corrected chi connectivity index (χ1v) is 7.00. The van der Waals surface area contributed by atoms with Gasteiger partial charge in [0.2, 0.25) is 5.91 Å². The van der Waals surface area contributed by atoms with E-state index in [2.05, 4.69) is 31.9 Å². The van der Waals surface area contributed by atoms with Crippen molar-refractivity contribution in [2.75, 3.05) is 6.54 Å². The monoisotopic (exact) mass is 365 g/mol. The molecule has 1 aromatic rings. The maximum Gasteiger partial charge on any atom is 0.224 e. The molecule has 0 radical (unpaired) electrons. The van der Waals surface area contributed by atoms with Gasteiger partial charge in [-0.1, -0.05) is 33.6 Å². The van der Waals surface area contributed by atoms with Crippen molar-refractivity contribution in [2.45, 2.75) is 17.8 Å². The second-order valence-electron chi connectivity index (χ2n) is 3.82. The van der Waals surface area contributed by atoms with E-state index >= 15 is 0 Å². The number of benzene rings is 1. The van der Waals surface area contributed by atoms with Gasteiger partial charge in [-0.25, -0.2) is 0 Å². The van der Waals surface area contributed by atoms with Gasteiger partial charge >= 0.3 is 0 Å². The molecule has 1 atom stereocenters. The van der Waals surface area contributed by atoms with Gasteiger partial charge in [-0.2, -0.15) is 0 Å². The van der Waals surface area contributed by atoms with Crippen LogP contribution >= 0.6 is 43.5 Å². The molecule has 2 rings (SSSR count). The summed E-state index contributed by atoms with van der Waals surface area (Å²) in [5.41, 5.74) is 1.09. The smallest absolute Gasteiger partial charge is 0.224 e. The van der Waals surface area contributed by atoms with Gasteiger partial charge in [0, 0.05) is 28.8 Å². The topological polar surface area (TPSA) is 20.3 Å². The van der Waals surface area contributed by atoms with Gasteiger partial charge in [-0.3, -0.25) is 4.79 Å². The first-order chi connectivity index (χ1) is 7.56. The molecule has 5 heteroatoms. The van der Waals surface area contributed by atoms with E-state index in [9.17, 15) is 4.79 Å². The lowest BCUT2D eigenvalue weighted by molar-refractivity contribution is -0.128. The van der Waals surface area contributed by atoms with Gasteiger partial charge in [0.25, 0.3) is 0 Å². The molecule has 0 N–H and O–H groups in total. The van der Waals surface area contributed by atoms with Crippen LogP contribution in [-0.2, 0) is 11.3 Å². The molecule has 0 aliphatic carbocycles. The molecule has 86 valence electrons. The second kappa shape index (κ2) is 5.07. The molecule has 1 fully saturated rings. The van der Waals surface area contributed by atoms with E-state index in [1.165, 1.54) is 0 Å². The fraction of sp³-hybridized carbons (Fsp3) is 0.364. The number of hydrogen-bond acceptors (Lipinski definition) is 1. The Morgan fingerprint density at radius 2 is 2.25 bits per heavy atom. The molecule has 0 saturated carbocycles. The molecule has 1 aliphatic heterocycles. The highest BCUT2D eigenvalue weighted by Gasteiger charge is 2.27. The Hall–Kier alpha value is -0.0600. The Labute approximate surface area is 116 Å². The minimum atomic E-state index is 0.202. The van der Waals surface area contributed by atoms with E-state index in [0.717, 1.165) is 16.6 Å². The quantitative estimate of drug-likeness (QED) is 0.732. The highest BCUT2D eigenvalue weighted by molar-refractivity contribution is 9.10. The predicted molar refractivity (Wildman–Crippen MR) is 71.9 cm³/mol. The molecular formula is C11H10Br2ClNO. The summed E-state index contributed by atoms with van der Waals surface area (Å²) in [6.45, 7) is 1.43. The molecule has 0 aromatic heterocycles. The number of carbonyl (C=O) groups is 1. The van der Waals surface area contributed by atoms with Crippen LogP contribution in [0.5, 0.6) is 0 Å². The molecule has 1 heterocycles. The van der Waals surface area contributed by atoms with Gasteiger partial charge in [-0.15, -0.1) is 0 Å². The third-order valence-electron chi connectivity index (χ3n) is 2.52. The van der Waals surface area contributed by atoms with Crippen molar-refractivity contribution in [2.24, 2.45) is 0 Å². The third kappa shape index (κ3) is 2.79. The van der Waals surface area contributed by atoms with Crippen molar-refractivity contribution in [1.82, 2.24) is 4.90 Å². The van der Waals surface area contributed by atoms with E-state index in [4.69, 9.17) is 11.6 Å². The molecular weight excluding hydrogens is 357 g/mol. The Bertz CT molecular complexity index is 424. The van der Waals surface area contributed by atoms with Crippen molar-refractivity contribution >= 4 is 49.4 Å². The number of nitrogens with zero attached hydrogens (tertiary/aromatic N) is 1. The Morgan fingerprint density at radius 3 is 2.81 bits per heavy atom. The number of likely N-dealkylation sites (tertiary alicyclic amines) is 1. The number of hydrogen-bond donors (Lipinski definition) is 0. The van der Waals surface area contributed by atoms with E-state index in [1.54, 1.807) is 0 Å². The van der Waals surface area contributed by atoms with Crippen LogP contribution in [0.15, 0.2) is 22.7 Å². The Morgan fingerprint density at radius 1 is 1.50 bits per heavy atom. The highest BCUT2D eigenvalue weighted by Crippen LogP contribution is 2.25. The van der Waals surface area contributed by atoms with Crippen LogP contribution in [0.25, 0.3) is 0 Å². The highest BCUT2D eigenvalue weighted by atomic mass is 79.9. The zero-order valence-electron chi connectivity index (χ0n) is 8.42. The van der Waals surface area contributed by atoms with Crippen LogP contribution in [-0.4, -0.2) is 22.2 Å². The van der Waals surface area contributed by atoms with E-state index < -0.39 is 0 Å². The van der Waals surface area contributed by atoms with Crippen LogP contribution in [0.4, 0.5) is 0 Å². The minimum absolute atomic E-state index is 0.202. The zero-order valence-corrected chi connectivity index (χ0v) is 12.3. The number of alkyl halides is 1. The van der Waals surface area contributed by atoms with Crippen LogP contribution in [0.1, 0.15) is 12.0 Å². The lowest BCUT2D eigenvalue weighted by atomic mass is 10.2. The fourth-order valence-corrected chi connectivity index (χ4v) is 2.91. The SMILES string of the molecule is O=C1CC(Br)CN1Cc1ccc(Cl)c(Br)c1. The Kier molecular flexibility index (Phi) is 3.93. The van der Waals surface area contributed by atoms with Gasteiger partial charge in [0.1, 0.15) is 0 Å². The van der Waals surface area contributed by atoms with Crippen LogP contribution in [0.3, 0.4) is 0 Å². The summed E-state index contributed by atoms with van der Waals surface area (Å²) in [5.74, 6) is 0.202. The standard InChI is InChI=1S/C11H10Br2ClNO/c12-8-4-11(16)15(6-8)5-7-1-2-10(14)9(13)3-7/h1-3,8H,4-6H2. The largest absolute Gasteiger partial charge is 0.337 e. The molecule has 1 amide bonds. The first-order valence-electron chi connectivity index (χ1n) is 4.92. The average Bonchev–Trinajstić information content (AvgIpc) is 2.51. The fourth-order valence-electron chi connectivity index (χ4n) is 1.74. The van der Waals surface area contributed by atoms with Gasteiger partial charge < -0.3 is 4.90 Å². The van der Waals surface area contributed by atoms with Gasteiger partial charge in [0.15, 0.2) is 0 Å². The predicted octanol–water partition coefficient (Wildman–Crippen LogP) is 3.60. The number of carbonyl (C=O) groups excluding carboxylic acids is 1. The van der Waals surface area contributed by atoms with Gasteiger partial charge in [0.05, 0.1) is 5.02 Å². The van der Waals surface area contributed by atoms with Crippen molar-refractivity contribution < 1.29 is 4.79 Å². The molecule has 1 aromatic carbocycles. The van der Waals surface area contributed by atoms with Crippen molar-refractivity contribution in [3.8, 4) is 0 Å². The lowest BCUT2D eigenvalue weighted by Gasteiger charge is -2.16. The van der Waals surface area contributed by atoms with Crippen molar-refractivity contribution in [1.29, 1.82) is 0 Å². The molecule has 1 unspecified atom stereocenters. The lowest BCUT2D eigenvalue weighted by Crippen LogP contribution is -2.24. The summed E-state index contributed by atoms with van der Waals surface area (Å²) in [4.78, 5) is 13.7. The normalized spacial score (nSPS) is 20.6. The second-order valence-corrected chi connectivity index (χ2v) is 6.38. The van der Waals surface area contributed by atoms with Crippen LogP contribution < -0.4 is 0 Å². The molecule has 1 saturated heterocycles. The van der Waals surface area contributed by atoms with E-state index in [-0.39, 0.29) is 10.7 Å². The number of halogens is 3. The summed E-state index contributed by atoms with van der Waals surface area (Å²) in [5, 5.41) is 0.690. The molecule has 1 aliphatic rings. The average molecular weight is 367 g/mol. The van der Waals surface area contributed by atoms with E-state index in [1.807, 2.05) is 23.1 Å². The third-order valence-corrected chi connectivity index (χ3v) is 4.35. The molecule has 16 heavy (non-hydrogen) atoms.